The Balaban J connectivity index is 1.97. The van der Waals surface area contributed by atoms with Crippen LogP contribution in [0.3, 0.4) is 0 Å². The lowest BCUT2D eigenvalue weighted by atomic mass is 10.1. The minimum absolute atomic E-state index is 0.126. The number of carbonyl (C=O) groups excluding carboxylic acids is 1. The van der Waals surface area contributed by atoms with Crippen molar-refractivity contribution in [1.29, 1.82) is 5.26 Å². The van der Waals surface area contributed by atoms with Gasteiger partial charge in [-0.1, -0.05) is 25.1 Å². The third-order valence-corrected chi connectivity index (χ3v) is 5.67. The molecule has 3 rings (SSSR count). The normalized spacial score (nSPS) is 10.8. The van der Waals surface area contributed by atoms with Gasteiger partial charge in [-0.25, -0.2) is 4.39 Å². The monoisotopic (exact) mass is 396 g/mol. The highest BCUT2D eigenvalue weighted by Crippen LogP contribution is 2.34. The number of nitriles is 1. The molecule has 0 atom stereocenters. The molecule has 4 nitrogen and oxygen atoms in total. The van der Waals surface area contributed by atoms with E-state index in [9.17, 15) is 9.18 Å². The van der Waals surface area contributed by atoms with Crippen molar-refractivity contribution in [2.75, 3.05) is 13.7 Å². The van der Waals surface area contributed by atoms with Gasteiger partial charge in [0.15, 0.2) is 0 Å². The summed E-state index contributed by atoms with van der Waals surface area (Å²) in [7, 11) is 1.54. The number of carbonyl (C=O) groups is 1. The van der Waals surface area contributed by atoms with Gasteiger partial charge < -0.3 is 9.64 Å². The van der Waals surface area contributed by atoms with Crippen LogP contribution in [0.15, 0.2) is 42.5 Å². The zero-order chi connectivity index (χ0) is 20.1. The van der Waals surface area contributed by atoms with E-state index in [0.29, 0.717) is 34.5 Å². The maximum absolute atomic E-state index is 14.4. The van der Waals surface area contributed by atoms with E-state index in [2.05, 4.69) is 6.07 Å². The fourth-order valence-corrected chi connectivity index (χ4v) is 4.38. The number of nitrogens with zero attached hydrogens (tertiary/aromatic N) is 2. The zero-order valence-corrected chi connectivity index (χ0v) is 16.7. The number of rotatable bonds is 7. The standard InChI is InChI=1S/C22H21FN2O2S/c1-3-11-25(13-16-9-7-15(12-24)8-10-16)22(26)21-17(14-27-2)20-18(23)5-4-6-19(20)28-21/h4-10H,3,11,13-14H2,1-2H3. The number of hydrogen-bond acceptors (Lipinski definition) is 4. The molecule has 0 unspecified atom stereocenters. The van der Waals surface area contributed by atoms with Crippen molar-refractivity contribution in [3.05, 3.63) is 69.8 Å². The molecule has 0 aliphatic rings. The highest BCUT2D eigenvalue weighted by atomic mass is 32.1. The number of benzene rings is 2. The number of amides is 1. The number of fused-ring (bicyclic) bond motifs is 1. The van der Waals surface area contributed by atoms with Gasteiger partial charge in [0.05, 0.1) is 23.1 Å². The SMILES string of the molecule is CCCN(Cc1ccc(C#N)cc1)C(=O)c1sc2cccc(F)c2c1COC. The Bertz CT molecular complexity index is 1020. The lowest BCUT2D eigenvalue weighted by Gasteiger charge is -2.22. The first-order valence-corrected chi connectivity index (χ1v) is 9.87. The van der Waals surface area contributed by atoms with Crippen molar-refractivity contribution < 1.29 is 13.9 Å². The predicted octanol–water partition coefficient (Wildman–Crippen LogP) is 5.11. The van der Waals surface area contributed by atoms with E-state index < -0.39 is 0 Å². The molecule has 0 saturated heterocycles. The molecule has 0 bridgehead atoms. The molecular weight excluding hydrogens is 375 g/mol. The molecule has 2 aromatic carbocycles. The minimum Gasteiger partial charge on any atom is -0.380 e. The highest BCUT2D eigenvalue weighted by molar-refractivity contribution is 7.21. The van der Waals surface area contributed by atoms with Crippen LogP contribution in [0.4, 0.5) is 4.39 Å². The third-order valence-electron chi connectivity index (χ3n) is 4.48. The quantitative estimate of drug-likeness (QED) is 0.558. The van der Waals surface area contributed by atoms with Gasteiger partial charge in [0.25, 0.3) is 5.91 Å². The second-order valence-corrected chi connectivity index (χ2v) is 7.54. The smallest absolute Gasteiger partial charge is 0.264 e. The molecule has 1 heterocycles. The predicted molar refractivity (Wildman–Crippen MR) is 109 cm³/mol. The van der Waals surface area contributed by atoms with Crippen molar-refractivity contribution in [2.45, 2.75) is 26.5 Å². The van der Waals surface area contributed by atoms with Crippen molar-refractivity contribution in [3.63, 3.8) is 0 Å². The van der Waals surface area contributed by atoms with Crippen molar-refractivity contribution in [2.24, 2.45) is 0 Å². The van der Waals surface area contributed by atoms with Crippen molar-refractivity contribution >= 4 is 27.3 Å². The van der Waals surface area contributed by atoms with E-state index in [1.807, 2.05) is 25.1 Å². The Morgan fingerprint density at radius 2 is 2.00 bits per heavy atom. The highest BCUT2D eigenvalue weighted by Gasteiger charge is 2.24. The van der Waals surface area contributed by atoms with Crippen LogP contribution in [0, 0.1) is 17.1 Å². The van der Waals surface area contributed by atoms with Crippen LogP contribution in [0.1, 0.15) is 39.7 Å². The maximum Gasteiger partial charge on any atom is 0.264 e. The molecule has 0 N–H and O–H groups in total. The van der Waals surface area contributed by atoms with Gasteiger partial charge in [0, 0.05) is 35.8 Å². The second kappa shape index (κ2) is 8.96. The van der Waals surface area contributed by atoms with Crippen LogP contribution in [-0.2, 0) is 17.9 Å². The first-order valence-electron chi connectivity index (χ1n) is 9.06. The zero-order valence-electron chi connectivity index (χ0n) is 15.9. The minimum atomic E-state index is -0.339. The molecule has 0 saturated carbocycles. The van der Waals surface area contributed by atoms with Gasteiger partial charge in [-0.2, -0.15) is 5.26 Å². The molecule has 0 aliphatic carbocycles. The Hall–Kier alpha value is -2.75. The molecule has 0 radical (unpaired) electrons. The maximum atomic E-state index is 14.4. The molecule has 0 spiro atoms. The number of halogens is 1. The van der Waals surface area contributed by atoms with Crippen LogP contribution in [0.2, 0.25) is 0 Å². The summed E-state index contributed by atoms with van der Waals surface area (Å²) in [6.45, 7) is 3.21. The number of methoxy groups -OCH3 is 1. The summed E-state index contributed by atoms with van der Waals surface area (Å²) < 4.78 is 20.4. The second-order valence-electron chi connectivity index (χ2n) is 6.49. The summed E-state index contributed by atoms with van der Waals surface area (Å²) in [5.74, 6) is -0.465. The Labute approximate surface area is 167 Å². The first kappa shape index (κ1) is 20.0. The van der Waals surface area contributed by atoms with Gasteiger partial charge in [-0.3, -0.25) is 4.79 Å². The molecular formula is C22H21FN2O2S. The Morgan fingerprint density at radius 3 is 2.64 bits per heavy atom. The summed E-state index contributed by atoms with van der Waals surface area (Å²) in [6, 6.07) is 14.2. The van der Waals surface area contributed by atoms with Crippen LogP contribution < -0.4 is 0 Å². The Kier molecular flexibility index (Phi) is 6.40. The molecule has 0 aliphatic heterocycles. The summed E-state index contributed by atoms with van der Waals surface area (Å²) in [6.07, 6.45) is 0.806. The lowest BCUT2D eigenvalue weighted by molar-refractivity contribution is 0.0744. The largest absolute Gasteiger partial charge is 0.380 e. The summed E-state index contributed by atoms with van der Waals surface area (Å²) >= 11 is 1.30. The number of hydrogen-bond donors (Lipinski definition) is 0. The molecule has 3 aromatic rings. The van der Waals surface area contributed by atoms with Crippen LogP contribution in [0.5, 0.6) is 0 Å². The van der Waals surface area contributed by atoms with Gasteiger partial charge in [0.2, 0.25) is 0 Å². The van der Waals surface area contributed by atoms with E-state index in [1.54, 1.807) is 30.2 Å². The first-order chi connectivity index (χ1) is 13.6. The van der Waals surface area contributed by atoms with E-state index in [-0.39, 0.29) is 18.3 Å². The molecule has 6 heteroatoms. The average molecular weight is 396 g/mol. The van der Waals surface area contributed by atoms with Gasteiger partial charge in [-0.15, -0.1) is 11.3 Å². The number of ether oxygens (including phenoxy) is 1. The topological polar surface area (TPSA) is 53.3 Å². The summed E-state index contributed by atoms with van der Waals surface area (Å²) in [5, 5.41) is 9.41. The molecule has 1 aromatic heterocycles. The van der Waals surface area contributed by atoms with E-state index in [4.69, 9.17) is 10.00 Å². The van der Waals surface area contributed by atoms with E-state index in [1.165, 1.54) is 17.4 Å². The van der Waals surface area contributed by atoms with Crippen LogP contribution in [-0.4, -0.2) is 24.5 Å². The fourth-order valence-electron chi connectivity index (χ4n) is 3.19. The fraction of sp³-hybridized carbons (Fsp3) is 0.273. The molecule has 144 valence electrons. The van der Waals surface area contributed by atoms with Crippen LogP contribution in [0.25, 0.3) is 10.1 Å². The van der Waals surface area contributed by atoms with Crippen molar-refractivity contribution in [3.8, 4) is 6.07 Å². The third kappa shape index (κ3) is 4.06. The average Bonchev–Trinajstić information content (AvgIpc) is 3.08. The van der Waals surface area contributed by atoms with E-state index >= 15 is 0 Å². The Morgan fingerprint density at radius 1 is 1.25 bits per heavy atom. The molecule has 28 heavy (non-hydrogen) atoms. The number of thiophene rings is 1. The molecule has 0 fully saturated rings. The van der Waals surface area contributed by atoms with Gasteiger partial charge >= 0.3 is 0 Å². The van der Waals surface area contributed by atoms with Crippen molar-refractivity contribution in [1.82, 2.24) is 4.90 Å². The molecule has 1 amide bonds. The van der Waals surface area contributed by atoms with Gasteiger partial charge in [-0.05, 0) is 36.2 Å². The lowest BCUT2D eigenvalue weighted by Crippen LogP contribution is -2.31. The summed E-state index contributed by atoms with van der Waals surface area (Å²) in [4.78, 5) is 15.6. The van der Waals surface area contributed by atoms with Gasteiger partial charge in [0.1, 0.15) is 5.82 Å². The summed E-state index contributed by atoms with van der Waals surface area (Å²) in [5.41, 5.74) is 2.13. The van der Waals surface area contributed by atoms with E-state index in [0.717, 1.165) is 16.7 Å². The van der Waals surface area contributed by atoms with Crippen LogP contribution >= 0.6 is 11.3 Å².